The van der Waals surface area contributed by atoms with Gasteiger partial charge in [0.15, 0.2) is 0 Å². The maximum absolute atomic E-state index is 5.66. The molecule has 0 radical (unpaired) electrons. The molecule has 100 valence electrons. The smallest absolute Gasteiger partial charge is 0.146 e. The van der Waals surface area contributed by atoms with Gasteiger partial charge in [0.25, 0.3) is 0 Å². The average molecular weight is 275 g/mol. The van der Waals surface area contributed by atoms with Gasteiger partial charge in [-0.3, -0.25) is 0 Å². The third-order valence-electron chi connectivity index (χ3n) is 3.33. The summed E-state index contributed by atoms with van der Waals surface area (Å²) >= 11 is 1.65. The van der Waals surface area contributed by atoms with E-state index in [4.69, 9.17) is 4.74 Å². The van der Waals surface area contributed by atoms with Gasteiger partial charge in [0.05, 0.1) is 6.04 Å². The lowest BCUT2D eigenvalue weighted by molar-refractivity contribution is 0.111. The fraction of sp³-hybridized carbons (Fsp3) is 0.429. The van der Waals surface area contributed by atoms with Crippen molar-refractivity contribution >= 4 is 11.3 Å². The summed E-state index contributed by atoms with van der Waals surface area (Å²) in [5, 5.41) is 13.9. The quantitative estimate of drug-likeness (QED) is 0.932. The van der Waals surface area contributed by atoms with E-state index in [9.17, 15) is 0 Å². The molecule has 1 aromatic carbocycles. The molecule has 0 saturated carbocycles. The van der Waals surface area contributed by atoms with Crippen molar-refractivity contribution < 1.29 is 4.74 Å². The molecule has 4 nitrogen and oxygen atoms in total. The van der Waals surface area contributed by atoms with E-state index in [0.29, 0.717) is 0 Å². The molecule has 0 amide bonds. The monoisotopic (exact) mass is 275 g/mol. The average Bonchev–Trinajstić information content (AvgIpc) is 3.11. The molecule has 1 aliphatic rings. The molecule has 2 unspecified atom stereocenters. The lowest BCUT2D eigenvalue weighted by Crippen LogP contribution is -2.17. The van der Waals surface area contributed by atoms with Gasteiger partial charge in [-0.1, -0.05) is 41.7 Å². The predicted molar refractivity (Wildman–Crippen MR) is 75.2 cm³/mol. The van der Waals surface area contributed by atoms with Gasteiger partial charge in [0.1, 0.15) is 16.1 Å². The van der Waals surface area contributed by atoms with Crippen molar-refractivity contribution in [3.8, 4) is 0 Å². The zero-order valence-corrected chi connectivity index (χ0v) is 11.7. The lowest BCUT2D eigenvalue weighted by atomic mass is 10.1. The fourth-order valence-corrected chi connectivity index (χ4v) is 3.41. The normalized spacial score (nSPS) is 20.6. The zero-order chi connectivity index (χ0) is 13.1. The van der Waals surface area contributed by atoms with Gasteiger partial charge < -0.3 is 10.1 Å². The number of hydrogen-bond acceptors (Lipinski definition) is 5. The maximum Gasteiger partial charge on any atom is 0.146 e. The van der Waals surface area contributed by atoms with E-state index in [-0.39, 0.29) is 12.1 Å². The minimum atomic E-state index is 0.105. The van der Waals surface area contributed by atoms with E-state index < -0.39 is 0 Å². The third-order valence-corrected chi connectivity index (χ3v) is 4.41. The van der Waals surface area contributed by atoms with Crippen LogP contribution in [0.2, 0.25) is 0 Å². The number of nitrogens with zero attached hydrogens (tertiary/aromatic N) is 2. The van der Waals surface area contributed by atoms with Crippen LogP contribution in [0.25, 0.3) is 0 Å². The zero-order valence-electron chi connectivity index (χ0n) is 10.9. The van der Waals surface area contributed by atoms with Crippen LogP contribution in [0.5, 0.6) is 0 Å². The van der Waals surface area contributed by atoms with E-state index in [1.165, 1.54) is 5.56 Å². The molecular formula is C14H17N3OS. The van der Waals surface area contributed by atoms with Crippen LogP contribution in [0.15, 0.2) is 30.3 Å². The molecule has 1 N–H and O–H groups in total. The Morgan fingerprint density at radius 3 is 2.84 bits per heavy atom. The summed E-state index contributed by atoms with van der Waals surface area (Å²) in [7, 11) is 1.95. The molecule has 2 atom stereocenters. The standard InChI is InChI=1S/C14H17N3OS/c1-15-12(10-6-3-2-4-7-10)14-17-16-13(19-14)11-8-5-9-18-11/h2-4,6-7,11-12,15H,5,8-9H2,1H3. The maximum atomic E-state index is 5.66. The summed E-state index contributed by atoms with van der Waals surface area (Å²) in [6, 6.07) is 10.4. The molecular weight excluding hydrogens is 258 g/mol. The first kappa shape index (κ1) is 12.7. The SMILES string of the molecule is CNC(c1ccccc1)c1nnc(C2CCCO2)s1. The Hall–Kier alpha value is -1.30. The summed E-state index contributed by atoms with van der Waals surface area (Å²) in [5.41, 5.74) is 1.21. The molecule has 1 aliphatic heterocycles. The Kier molecular flexibility index (Phi) is 3.87. The topological polar surface area (TPSA) is 47.0 Å². The Labute approximate surface area is 116 Å². The highest BCUT2D eigenvalue weighted by Crippen LogP contribution is 2.33. The molecule has 1 saturated heterocycles. The van der Waals surface area contributed by atoms with Crippen LogP contribution >= 0.6 is 11.3 Å². The van der Waals surface area contributed by atoms with Gasteiger partial charge >= 0.3 is 0 Å². The number of nitrogens with one attached hydrogen (secondary N) is 1. The van der Waals surface area contributed by atoms with Crippen molar-refractivity contribution in [1.82, 2.24) is 15.5 Å². The van der Waals surface area contributed by atoms with Crippen molar-refractivity contribution in [2.24, 2.45) is 0 Å². The molecule has 2 aromatic rings. The number of ether oxygens (including phenoxy) is 1. The number of aromatic nitrogens is 2. The summed E-state index contributed by atoms with van der Waals surface area (Å²) in [6.45, 7) is 0.841. The van der Waals surface area contributed by atoms with Crippen molar-refractivity contribution in [2.75, 3.05) is 13.7 Å². The van der Waals surface area contributed by atoms with E-state index in [2.05, 4.69) is 27.6 Å². The molecule has 1 aromatic heterocycles. The molecule has 1 fully saturated rings. The van der Waals surface area contributed by atoms with E-state index in [1.807, 2.05) is 25.2 Å². The Bertz CT molecular complexity index is 522. The van der Waals surface area contributed by atoms with Crippen molar-refractivity contribution in [1.29, 1.82) is 0 Å². The fourth-order valence-electron chi connectivity index (χ4n) is 2.34. The predicted octanol–water partition coefficient (Wildman–Crippen LogP) is 2.70. The largest absolute Gasteiger partial charge is 0.371 e. The van der Waals surface area contributed by atoms with Crippen LogP contribution in [0.1, 0.15) is 40.6 Å². The summed E-state index contributed by atoms with van der Waals surface area (Å²) in [6.07, 6.45) is 2.33. The molecule has 19 heavy (non-hydrogen) atoms. The van der Waals surface area contributed by atoms with Crippen molar-refractivity contribution in [3.05, 3.63) is 45.9 Å². The molecule has 0 bridgehead atoms. The van der Waals surface area contributed by atoms with Crippen molar-refractivity contribution in [3.63, 3.8) is 0 Å². The molecule has 2 heterocycles. The summed E-state index contributed by atoms with van der Waals surface area (Å²) in [5.74, 6) is 0. The van der Waals surface area contributed by atoms with E-state index in [0.717, 1.165) is 29.5 Å². The van der Waals surface area contributed by atoms with Crippen LogP contribution < -0.4 is 5.32 Å². The Balaban J connectivity index is 1.84. The van der Waals surface area contributed by atoms with Gasteiger partial charge in [-0.15, -0.1) is 10.2 Å². The van der Waals surface area contributed by atoms with Crippen LogP contribution in [0.4, 0.5) is 0 Å². The summed E-state index contributed by atoms with van der Waals surface area (Å²) in [4.78, 5) is 0. The van der Waals surface area contributed by atoms with Crippen LogP contribution in [0, 0.1) is 0 Å². The van der Waals surface area contributed by atoms with Crippen LogP contribution in [-0.4, -0.2) is 23.9 Å². The number of hydrogen-bond donors (Lipinski definition) is 1. The second-order valence-corrected chi connectivity index (χ2v) is 5.65. The molecule has 0 aliphatic carbocycles. The van der Waals surface area contributed by atoms with E-state index >= 15 is 0 Å². The summed E-state index contributed by atoms with van der Waals surface area (Å²) < 4.78 is 5.66. The van der Waals surface area contributed by atoms with Gasteiger partial charge in [0.2, 0.25) is 0 Å². The highest BCUT2D eigenvalue weighted by Gasteiger charge is 2.24. The second kappa shape index (κ2) is 5.77. The second-order valence-electron chi connectivity index (χ2n) is 4.61. The van der Waals surface area contributed by atoms with Gasteiger partial charge in [-0.2, -0.15) is 0 Å². The highest BCUT2D eigenvalue weighted by atomic mass is 32.1. The number of rotatable bonds is 4. The first-order valence-corrected chi connectivity index (χ1v) is 7.37. The Morgan fingerprint density at radius 2 is 2.16 bits per heavy atom. The van der Waals surface area contributed by atoms with Crippen LogP contribution in [0.3, 0.4) is 0 Å². The first-order valence-electron chi connectivity index (χ1n) is 6.55. The van der Waals surface area contributed by atoms with Gasteiger partial charge in [0, 0.05) is 6.61 Å². The highest BCUT2D eigenvalue weighted by molar-refractivity contribution is 7.11. The van der Waals surface area contributed by atoms with Crippen molar-refractivity contribution in [2.45, 2.75) is 25.0 Å². The lowest BCUT2D eigenvalue weighted by Gasteiger charge is -2.12. The third kappa shape index (κ3) is 2.68. The molecule has 3 rings (SSSR count). The van der Waals surface area contributed by atoms with Gasteiger partial charge in [-0.05, 0) is 25.5 Å². The Morgan fingerprint density at radius 1 is 1.32 bits per heavy atom. The van der Waals surface area contributed by atoms with E-state index in [1.54, 1.807) is 11.3 Å². The molecule has 0 spiro atoms. The van der Waals surface area contributed by atoms with Crippen LogP contribution in [-0.2, 0) is 4.74 Å². The minimum absolute atomic E-state index is 0.105. The van der Waals surface area contributed by atoms with Gasteiger partial charge in [-0.25, -0.2) is 0 Å². The number of benzene rings is 1. The molecule has 5 heteroatoms. The minimum Gasteiger partial charge on any atom is -0.371 e. The first-order chi connectivity index (χ1) is 9.38.